The molecule has 4 aliphatic rings. The highest BCUT2D eigenvalue weighted by molar-refractivity contribution is 9.10. The summed E-state index contributed by atoms with van der Waals surface area (Å²) in [6, 6.07) is 12.2. The third-order valence-corrected chi connectivity index (χ3v) is 11.0. The van der Waals surface area contributed by atoms with Gasteiger partial charge < -0.3 is 15.1 Å². The van der Waals surface area contributed by atoms with Crippen LogP contribution in [0.2, 0.25) is 0 Å². The molecule has 5 amide bonds. The van der Waals surface area contributed by atoms with Crippen molar-refractivity contribution in [3.63, 3.8) is 0 Å². The molecule has 15 heteroatoms. The zero-order valence-corrected chi connectivity index (χ0v) is 30.0. The van der Waals surface area contributed by atoms with Crippen LogP contribution in [0.4, 0.5) is 5.69 Å². The number of aromatic nitrogens is 2. The largest absolute Gasteiger partial charge is 0.379 e. The number of piperazine rings is 1. The van der Waals surface area contributed by atoms with Gasteiger partial charge in [-0.05, 0) is 77.1 Å². The van der Waals surface area contributed by atoms with Gasteiger partial charge in [0.25, 0.3) is 23.3 Å². The summed E-state index contributed by atoms with van der Waals surface area (Å²) < 4.78 is 1.76. The van der Waals surface area contributed by atoms with Crippen LogP contribution >= 0.6 is 15.9 Å². The van der Waals surface area contributed by atoms with Crippen LogP contribution < -0.4 is 16.2 Å². The van der Waals surface area contributed by atoms with Gasteiger partial charge in [-0.15, -0.1) is 0 Å². The average molecular weight is 760 g/mol. The van der Waals surface area contributed by atoms with Crippen molar-refractivity contribution in [2.45, 2.75) is 43.8 Å². The van der Waals surface area contributed by atoms with Crippen LogP contribution in [0.15, 0.2) is 57.9 Å². The number of carbonyl (C=O) groups excluding carboxylic acids is 5. The number of benzene rings is 2. The number of likely N-dealkylation sites (tertiary alicyclic amines) is 1. The summed E-state index contributed by atoms with van der Waals surface area (Å²) in [4.78, 5) is 83.3. The number of aryl methyl sites for hydroxylation is 1. The first-order valence-electron chi connectivity index (χ1n) is 17.1. The second-order valence-corrected chi connectivity index (χ2v) is 14.6. The molecule has 0 bridgehead atoms. The van der Waals surface area contributed by atoms with E-state index in [1.54, 1.807) is 25.4 Å². The minimum Gasteiger partial charge on any atom is -0.379 e. The van der Waals surface area contributed by atoms with Gasteiger partial charge in [-0.25, -0.2) is 4.68 Å². The lowest BCUT2D eigenvalue weighted by molar-refractivity contribution is -0.136. The fraction of sp³-hybridized carbons (Fsp3) is 0.417. The highest BCUT2D eigenvalue weighted by atomic mass is 79.9. The van der Waals surface area contributed by atoms with Crippen LogP contribution in [0.3, 0.4) is 0 Å². The Hall–Kier alpha value is -4.73. The number of imide groups is 2. The number of piperidine rings is 2. The Morgan fingerprint density at radius 1 is 0.941 bits per heavy atom. The molecule has 3 fully saturated rings. The first-order chi connectivity index (χ1) is 24.5. The second kappa shape index (κ2) is 14.1. The molecule has 0 radical (unpaired) electrons. The van der Waals surface area contributed by atoms with Crippen molar-refractivity contribution < 1.29 is 24.0 Å². The highest BCUT2D eigenvalue weighted by Crippen LogP contribution is 2.31. The Kier molecular flexibility index (Phi) is 9.61. The SMILES string of the molecule is CN1CC(Nc2cnn(C)c(=O)c2Br)CC(c2ccc(C(=O)N3CCN(Cc4ccc5c(c4)C(=O)N(C4CCC(=O)NC4=O)C5=O)CC3)cc2)C1. The van der Waals surface area contributed by atoms with Crippen LogP contribution in [0, 0.1) is 0 Å². The van der Waals surface area contributed by atoms with E-state index in [4.69, 9.17) is 0 Å². The minimum absolute atomic E-state index is 0.0142. The van der Waals surface area contributed by atoms with E-state index in [9.17, 15) is 28.8 Å². The summed E-state index contributed by atoms with van der Waals surface area (Å²) in [5.74, 6) is -1.85. The van der Waals surface area contributed by atoms with Crippen LogP contribution in [0.1, 0.15) is 67.4 Å². The molecule has 2 N–H and O–H groups in total. The number of likely N-dealkylation sites (N-methyl/N-ethyl adjacent to an activating group) is 1. The number of hydrogen-bond donors (Lipinski definition) is 2. The van der Waals surface area contributed by atoms with Gasteiger partial charge in [-0.2, -0.15) is 5.10 Å². The number of carbonyl (C=O) groups is 5. The summed E-state index contributed by atoms with van der Waals surface area (Å²) in [5, 5.41) is 9.85. The first-order valence-corrected chi connectivity index (χ1v) is 17.9. The predicted octanol–water partition coefficient (Wildman–Crippen LogP) is 1.80. The summed E-state index contributed by atoms with van der Waals surface area (Å²) in [7, 11) is 3.70. The Morgan fingerprint density at radius 3 is 2.39 bits per heavy atom. The lowest BCUT2D eigenvalue weighted by atomic mass is 9.87. The van der Waals surface area contributed by atoms with E-state index < -0.39 is 29.7 Å². The molecule has 3 saturated heterocycles. The third kappa shape index (κ3) is 6.97. The Labute approximate surface area is 302 Å². The topological polar surface area (TPSA) is 157 Å². The Balaban J connectivity index is 0.929. The number of anilines is 1. The summed E-state index contributed by atoms with van der Waals surface area (Å²) >= 11 is 3.41. The zero-order chi connectivity index (χ0) is 36.0. The Morgan fingerprint density at radius 2 is 1.67 bits per heavy atom. The van der Waals surface area contributed by atoms with E-state index in [1.807, 2.05) is 35.2 Å². The van der Waals surface area contributed by atoms with Crippen molar-refractivity contribution in [2.75, 3.05) is 51.6 Å². The van der Waals surface area contributed by atoms with Crippen LogP contribution in [0.5, 0.6) is 0 Å². The van der Waals surface area contributed by atoms with Gasteiger partial charge in [-0.1, -0.05) is 18.2 Å². The molecule has 51 heavy (non-hydrogen) atoms. The van der Waals surface area contributed by atoms with Crippen molar-refractivity contribution >= 4 is 51.2 Å². The van der Waals surface area contributed by atoms with Gasteiger partial charge in [0.15, 0.2) is 0 Å². The number of hydrogen-bond acceptors (Lipinski definition) is 10. The van der Waals surface area contributed by atoms with E-state index >= 15 is 0 Å². The van der Waals surface area contributed by atoms with Gasteiger partial charge in [0, 0.05) is 70.9 Å². The van der Waals surface area contributed by atoms with Gasteiger partial charge >= 0.3 is 0 Å². The number of amides is 5. The van der Waals surface area contributed by atoms with Crippen molar-refractivity contribution in [1.29, 1.82) is 0 Å². The van der Waals surface area contributed by atoms with Gasteiger partial charge in [0.2, 0.25) is 11.8 Å². The summed E-state index contributed by atoms with van der Waals surface area (Å²) in [6.07, 6.45) is 2.72. The van der Waals surface area contributed by atoms with Gasteiger partial charge in [0.1, 0.15) is 10.5 Å². The molecule has 7 rings (SSSR count). The third-order valence-electron chi connectivity index (χ3n) is 10.3. The lowest BCUT2D eigenvalue weighted by Gasteiger charge is -2.37. The van der Waals surface area contributed by atoms with Crippen molar-refractivity contribution in [3.05, 3.63) is 91.3 Å². The monoisotopic (exact) mass is 758 g/mol. The van der Waals surface area contributed by atoms with E-state index in [0.29, 0.717) is 48.4 Å². The molecule has 1 aromatic heterocycles. The average Bonchev–Trinajstić information content (AvgIpc) is 3.36. The second-order valence-electron chi connectivity index (χ2n) is 13.8. The quantitative estimate of drug-likeness (QED) is 0.341. The van der Waals surface area contributed by atoms with E-state index in [-0.39, 0.29) is 47.4 Å². The normalized spacial score (nSPS) is 23.0. The van der Waals surface area contributed by atoms with Crippen LogP contribution in [-0.2, 0) is 23.2 Å². The Bertz CT molecular complexity index is 1970. The molecule has 0 spiro atoms. The molecular formula is C36H39BrN8O6. The molecule has 3 aromatic rings. The maximum atomic E-state index is 13.5. The molecule has 266 valence electrons. The van der Waals surface area contributed by atoms with Crippen molar-refractivity contribution in [2.24, 2.45) is 7.05 Å². The van der Waals surface area contributed by atoms with Crippen LogP contribution in [0.25, 0.3) is 0 Å². The maximum Gasteiger partial charge on any atom is 0.282 e. The summed E-state index contributed by atoms with van der Waals surface area (Å²) in [6.45, 7) is 4.67. The molecule has 2 aromatic carbocycles. The van der Waals surface area contributed by atoms with E-state index in [1.165, 1.54) is 4.68 Å². The lowest BCUT2D eigenvalue weighted by Crippen LogP contribution is -2.54. The molecule has 5 heterocycles. The molecule has 0 saturated carbocycles. The van der Waals surface area contributed by atoms with E-state index in [2.05, 4.69) is 48.5 Å². The molecule has 4 aliphatic heterocycles. The number of nitrogens with zero attached hydrogens (tertiary/aromatic N) is 6. The maximum absolute atomic E-state index is 13.5. The number of halogens is 1. The molecule has 0 aliphatic carbocycles. The van der Waals surface area contributed by atoms with Crippen LogP contribution in [-0.4, -0.2) is 117 Å². The number of fused-ring (bicyclic) bond motifs is 1. The van der Waals surface area contributed by atoms with Crippen molar-refractivity contribution in [3.8, 4) is 0 Å². The van der Waals surface area contributed by atoms with Gasteiger partial charge in [-0.3, -0.25) is 43.9 Å². The number of nitrogens with one attached hydrogen (secondary N) is 2. The zero-order valence-electron chi connectivity index (χ0n) is 28.4. The molecule has 3 atom stereocenters. The summed E-state index contributed by atoms with van der Waals surface area (Å²) in [5.41, 5.74) is 3.66. The fourth-order valence-electron chi connectivity index (χ4n) is 7.56. The molecular weight excluding hydrogens is 720 g/mol. The van der Waals surface area contributed by atoms with Gasteiger partial charge in [0.05, 0.1) is 23.0 Å². The van der Waals surface area contributed by atoms with E-state index in [0.717, 1.165) is 35.5 Å². The standard InChI is InChI=1S/C36H39BrN8O6/c1-41-19-24(16-25(20-41)39-28-17-38-42(2)36(51)31(28)37)22-4-6-23(7-5-22)33(48)44-13-11-43(12-14-44)18-21-3-8-26-27(15-21)35(50)45(34(26)49)29-9-10-30(46)40-32(29)47/h3-8,15,17,24-25,29,39H,9-14,16,18-20H2,1-2H3,(H,40,46,47). The first kappa shape index (κ1) is 34.7. The predicted molar refractivity (Wildman–Crippen MR) is 190 cm³/mol. The highest BCUT2D eigenvalue weighted by Gasteiger charge is 2.44. The fourth-order valence-corrected chi connectivity index (χ4v) is 8.03. The smallest absolute Gasteiger partial charge is 0.282 e. The molecule has 14 nitrogen and oxygen atoms in total. The minimum atomic E-state index is -0.997. The van der Waals surface area contributed by atoms with Crippen molar-refractivity contribution in [1.82, 2.24) is 34.7 Å². The molecule has 3 unspecified atom stereocenters. The number of rotatable bonds is 7.